The maximum atomic E-state index is 14.0. The second-order valence-electron chi connectivity index (χ2n) is 6.20. The van der Waals surface area contributed by atoms with Gasteiger partial charge in [0.25, 0.3) is 0 Å². The van der Waals surface area contributed by atoms with Gasteiger partial charge in [-0.05, 0) is 23.3 Å². The molecule has 156 valence electrons. The SMILES string of the molecule is N=C[C@@H](F)[C@H](OC(=O)/C=C/c1ccccc1)[C@H](O)COC(=O)/C=C/c1ccccc1. The van der Waals surface area contributed by atoms with E-state index in [1.54, 1.807) is 48.5 Å². The normalized spacial score (nSPS) is 14.2. The maximum Gasteiger partial charge on any atom is 0.331 e. The zero-order chi connectivity index (χ0) is 21.8. The molecular weight excluding hydrogens is 389 g/mol. The van der Waals surface area contributed by atoms with Crippen molar-refractivity contribution in [2.24, 2.45) is 0 Å². The van der Waals surface area contributed by atoms with E-state index < -0.39 is 36.9 Å². The molecule has 3 atom stereocenters. The number of alkyl halides is 1. The van der Waals surface area contributed by atoms with Crippen LogP contribution >= 0.6 is 0 Å². The highest BCUT2D eigenvalue weighted by Crippen LogP contribution is 2.11. The van der Waals surface area contributed by atoms with Crippen LogP contribution in [0.3, 0.4) is 0 Å². The summed E-state index contributed by atoms with van der Waals surface area (Å²) in [5.74, 6) is -1.65. The Kier molecular flexibility index (Phi) is 9.15. The fourth-order valence-corrected chi connectivity index (χ4v) is 2.39. The molecule has 0 aliphatic heterocycles. The largest absolute Gasteiger partial charge is 0.460 e. The lowest BCUT2D eigenvalue weighted by Crippen LogP contribution is -2.42. The van der Waals surface area contributed by atoms with E-state index in [1.165, 1.54) is 12.2 Å². The van der Waals surface area contributed by atoms with Crippen molar-refractivity contribution < 1.29 is 28.6 Å². The van der Waals surface area contributed by atoms with Crippen molar-refractivity contribution in [3.63, 3.8) is 0 Å². The van der Waals surface area contributed by atoms with E-state index >= 15 is 0 Å². The van der Waals surface area contributed by atoms with Crippen molar-refractivity contribution in [2.45, 2.75) is 18.4 Å². The third-order valence-electron chi connectivity index (χ3n) is 3.92. The number of halogens is 1. The number of aliphatic hydroxyl groups is 1. The quantitative estimate of drug-likeness (QED) is 0.356. The van der Waals surface area contributed by atoms with Crippen molar-refractivity contribution in [2.75, 3.05) is 6.61 Å². The lowest BCUT2D eigenvalue weighted by atomic mass is 10.1. The molecule has 30 heavy (non-hydrogen) atoms. The Morgan fingerprint density at radius 3 is 1.93 bits per heavy atom. The standard InChI is InChI=1S/C23H22FNO5/c24-19(15-25)23(30-22(28)14-12-18-9-5-2-6-10-18)20(26)16-29-21(27)13-11-17-7-3-1-4-8-17/h1-15,19-20,23,25-26H,16H2/b13-11+,14-12+,25-15?/t19-,20-,23+/m1/s1. The summed E-state index contributed by atoms with van der Waals surface area (Å²) in [5, 5.41) is 17.2. The summed E-state index contributed by atoms with van der Waals surface area (Å²) in [4.78, 5) is 23.8. The molecule has 2 aromatic rings. The van der Waals surface area contributed by atoms with Gasteiger partial charge in [0.05, 0.1) is 0 Å². The molecule has 6 nitrogen and oxygen atoms in total. The van der Waals surface area contributed by atoms with E-state index in [-0.39, 0.29) is 0 Å². The Hall–Kier alpha value is -3.58. The van der Waals surface area contributed by atoms with Crippen LogP contribution < -0.4 is 0 Å². The molecule has 2 aromatic carbocycles. The summed E-state index contributed by atoms with van der Waals surface area (Å²) in [6.07, 6.45) is 0.238. The minimum Gasteiger partial charge on any atom is -0.460 e. The Morgan fingerprint density at radius 2 is 1.43 bits per heavy atom. The number of benzene rings is 2. The molecule has 0 radical (unpaired) electrons. The number of hydrogen-bond acceptors (Lipinski definition) is 6. The van der Waals surface area contributed by atoms with E-state index in [0.29, 0.717) is 6.21 Å². The minimum atomic E-state index is -2.06. The van der Waals surface area contributed by atoms with Crippen LogP contribution in [0, 0.1) is 5.41 Å². The Labute approximate surface area is 173 Å². The molecule has 0 aromatic heterocycles. The van der Waals surface area contributed by atoms with Crippen molar-refractivity contribution >= 4 is 30.3 Å². The molecule has 0 unspecified atom stereocenters. The third-order valence-corrected chi connectivity index (χ3v) is 3.92. The molecule has 2 rings (SSSR count). The number of carbonyl (C=O) groups is 2. The first-order valence-electron chi connectivity index (χ1n) is 9.16. The Balaban J connectivity index is 1.91. The Morgan fingerprint density at radius 1 is 0.933 bits per heavy atom. The fourth-order valence-electron chi connectivity index (χ4n) is 2.39. The van der Waals surface area contributed by atoms with Crippen LogP contribution in [0.4, 0.5) is 4.39 Å². The highest BCUT2D eigenvalue weighted by molar-refractivity contribution is 5.88. The molecule has 0 aliphatic rings. The Bertz CT molecular complexity index is 883. The van der Waals surface area contributed by atoms with Crippen LogP contribution in [-0.4, -0.2) is 48.2 Å². The van der Waals surface area contributed by atoms with Crippen LogP contribution in [0.25, 0.3) is 12.2 Å². The number of aliphatic hydroxyl groups excluding tert-OH is 1. The molecule has 0 amide bonds. The first kappa shape index (κ1) is 22.7. The summed E-state index contributed by atoms with van der Waals surface area (Å²) >= 11 is 0. The average Bonchev–Trinajstić information content (AvgIpc) is 2.79. The van der Waals surface area contributed by atoms with Crippen LogP contribution in [0.15, 0.2) is 72.8 Å². The molecule has 0 spiro atoms. The summed E-state index contributed by atoms with van der Waals surface area (Å²) < 4.78 is 23.8. The first-order chi connectivity index (χ1) is 14.5. The summed E-state index contributed by atoms with van der Waals surface area (Å²) in [6.45, 7) is -0.605. The summed E-state index contributed by atoms with van der Waals surface area (Å²) in [5.41, 5.74) is 1.51. The number of carbonyl (C=O) groups excluding carboxylic acids is 2. The van der Waals surface area contributed by atoms with Crippen LogP contribution in [0.5, 0.6) is 0 Å². The molecule has 0 fully saturated rings. The fraction of sp³-hybridized carbons (Fsp3) is 0.174. The maximum absolute atomic E-state index is 14.0. The molecule has 0 heterocycles. The monoisotopic (exact) mass is 411 g/mol. The van der Waals surface area contributed by atoms with E-state index in [9.17, 15) is 19.1 Å². The summed E-state index contributed by atoms with van der Waals surface area (Å²) in [7, 11) is 0. The molecule has 2 N–H and O–H groups in total. The van der Waals surface area contributed by atoms with Gasteiger partial charge in [-0.3, -0.25) is 0 Å². The lowest BCUT2D eigenvalue weighted by molar-refractivity contribution is -0.157. The van der Waals surface area contributed by atoms with E-state index in [0.717, 1.165) is 23.3 Å². The zero-order valence-electron chi connectivity index (χ0n) is 16.1. The lowest BCUT2D eigenvalue weighted by Gasteiger charge is -2.23. The molecule has 0 bridgehead atoms. The van der Waals surface area contributed by atoms with Gasteiger partial charge in [0, 0.05) is 18.4 Å². The molecule has 0 aliphatic carbocycles. The minimum absolute atomic E-state index is 0.402. The highest BCUT2D eigenvalue weighted by atomic mass is 19.1. The van der Waals surface area contributed by atoms with Gasteiger partial charge in [0.15, 0.2) is 12.3 Å². The van der Waals surface area contributed by atoms with Crippen LogP contribution in [-0.2, 0) is 19.1 Å². The van der Waals surface area contributed by atoms with Crippen molar-refractivity contribution in [1.82, 2.24) is 0 Å². The summed E-state index contributed by atoms with van der Waals surface area (Å²) in [6, 6.07) is 17.9. The van der Waals surface area contributed by atoms with Gasteiger partial charge in [-0.2, -0.15) is 0 Å². The highest BCUT2D eigenvalue weighted by Gasteiger charge is 2.31. The number of hydrogen-bond donors (Lipinski definition) is 2. The second kappa shape index (κ2) is 12.1. The van der Waals surface area contributed by atoms with E-state index in [2.05, 4.69) is 0 Å². The predicted octanol–water partition coefficient (Wildman–Crippen LogP) is 3.22. The molecular formula is C23H22FNO5. The third kappa shape index (κ3) is 7.81. The smallest absolute Gasteiger partial charge is 0.331 e. The average molecular weight is 411 g/mol. The van der Waals surface area contributed by atoms with Crippen molar-refractivity contribution in [1.29, 1.82) is 5.41 Å². The van der Waals surface area contributed by atoms with Crippen molar-refractivity contribution in [3.05, 3.63) is 83.9 Å². The van der Waals surface area contributed by atoms with E-state index in [1.807, 2.05) is 12.1 Å². The van der Waals surface area contributed by atoms with E-state index in [4.69, 9.17) is 14.9 Å². The van der Waals surface area contributed by atoms with Gasteiger partial charge in [0.1, 0.15) is 12.7 Å². The second-order valence-corrected chi connectivity index (χ2v) is 6.20. The van der Waals surface area contributed by atoms with Crippen molar-refractivity contribution in [3.8, 4) is 0 Å². The number of esters is 2. The molecule has 0 saturated carbocycles. The molecule has 7 heteroatoms. The van der Waals surface area contributed by atoms with Gasteiger partial charge >= 0.3 is 11.9 Å². The molecule has 0 saturated heterocycles. The van der Waals surface area contributed by atoms with Gasteiger partial charge in [-0.25, -0.2) is 14.0 Å². The predicted molar refractivity (Wildman–Crippen MR) is 111 cm³/mol. The number of nitrogens with one attached hydrogen (secondary N) is 1. The van der Waals surface area contributed by atoms with Gasteiger partial charge in [-0.1, -0.05) is 60.7 Å². The van der Waals surface area contributed by atoms with Gasteiger partial charge in [0.2, 0.25) is 0 Å². The number of rotatable bonds is 10. The van der Waals surface area contributed by atoms with Gasteiger partial charge < -0.3 is 20.0 Å². The zero-order valence-corrected chi connectivity index (χ0v) is 16.1. The van der Waals surface area contributed by atoms with Gasteiger partial charge in [-0.15, -0.1) is 0 Å². The van der Waals surface area contributed by atoms with Crippen LogP contribution in [0.1, 0.15) is 11.1 Å². The first-order valence-corrected chi connectivity index (χ1v) is 9.16. The number of ether oxygens (including phenoxy) is 2. The topological polar surface area (TPSA) is 96.7 Å². The van der Waals surface area contributed by atoms with Crippen LogP contribution in [0.2, 0.25) is 0 Å².